The first-order valence-electron chi connectivity index (χ1n) is 16.1. The number of hydrogen-bond donors (Lipinski definition) is 0. The van der Waals surface area contributed by atoms with Gasteiger partial charge in [-0.2, -0.15) is 0 Å². The van der Waals surface area contributed by atoms with E-state index in [1.807, 2.05) is 0 Å². The fourth-order valence-corrected chi connectivity index (χ4v) is 7.58. The molecule has 3 heterocycles. The second kappa shape index (κ2) is 10.1. The summed E-state index contributed by atoms with van der Waals surface area (Å²) in [6.45, 7) is 0. The van der Waals surface area contributed by atoms with Gasteiger partial charge in [0, 0.05) is 50.2 Å². The summed E-state index contributed by atoms with van der Waals surface area (Å²) in [6.07, 6.45) is 2.19. The molecule has 0 radical (unpaired) electrons. The van der Waals surface area contributed by atoms with E-state index in [9.17, 15) is 0 Å². The molecule has 0 saturated heterocycles. The molecule has 0 amide bonds. The van der Waals surface area contributed by atoms with Crippen molar-refractivity contribution in [2.45, 2.75) is 0 Å². The number of aromatic nitrogens is 3. The first-order chi connectivity index (χ1) is 23.3. The highest BCUT2D eigenvalue weighted by atomic mass is 15.0. The van der Waals surface area contributed by atoms with Gasteiger partial charge in [0.2, 0.25) is 0 Å². The van der Waals surface area contributed by atoms with Crippen molar-refractivity contribution in [2.24, 2.45) is 0 Å². The molecule has 3 nitrogen and oxygen atoms in total. The van der Waals surface area contributed by atoms with Crippen LogP contribution in [0.15, 0.2) is 176 Å². The van der Waals surface area contributed by atoms with Crippen LogP contribution in [0.2, 0.25) is 0 Å². The highest BCUT2D eigenvalue weighted by Crippen LogP contribution is 2.39. The summed E-state index contributed by atoms with van der Waals surface area (Å²) >= 11 is 0. The Bertz CT molecular complexity index is 2780. The zero-order chi connectivity index (χ0) is 30.9. The van der Waals surface area contributed by atoms with Crippen molar-refractivity contribution in [1.29, 1.82) is 0 Å². The molecule has 0 aliphatic carbocycles. The fraction of sp³-hybridized carbons (Fsp3) is 0. The van der Waals surface area contributed by atoms with E-state index in [1.54, 1.807) is 0 Å². The first-order valence-corrected chi connectivity index (χ1v) is 16.1. The molecular weight excluding hydrogens is 571 g/mol. The minimum absolute atomic E-state index is 1.13. The summed E-state index contributed by atoms with van der Waals surface area (Å²) in [6, 6.07) is 61.5. The van der Waals surface area contributed by atoms with E-state index in [1.165, 1.54) is 65.6 Å². The van der Waals surface area contributed by atoms with Crippen molar-refractivity contribution in [3.63, 3.8) is 0 Å². The number of rotatable bonds is 4. The number of para-hydroxylation sites is 3. The minimum Gasteiger partial charge on any atom is -0.315 e. The van der Waals surface area contributed by atoms with Crippen molar-refractivity contribution < 1.29 is 0 Å². The van der Waals surface area contributed by atoms with E-state index >= 15 is 0 Å². The third-order valence-electron chi connectivity index (χ3n) is 9.65. The van der Waals surface area contributed by atoms with Crippen LogP contribution in [0.3, 0.4) is 0 Å². The predicted molar refractivity (Wildman–Crippen MR) is 197 cm³/mol. The minimum atomic E-state index is 1.13. The molecule has 0 unspecified atom stereocenters. The Morgan fingerprint density at radius 2 is 0.936 bits per heavy atom. The molecule has 10 rings (SSSR count). The summed E-state index contributed by atoms with van der Waals surface area (Å²) in [5.74, 6) is 0. The fourth-order valence-electron chi connectivity index (χ4n) is 7.58. The molecule has 0 aliphatic rings. The van der Waals surface area contributed by atoms with Crippen molar-refractivity contribution in [2.75, 3.05) is 0 Å². The Balaban J connectivity index is 1.25. The molecule has 0 spiro atoms. The lowest BCUT2D eigenvalue weighted by Gasteiger charge is -2.14. The van der Waals surface area contributed by atoms with Crippen LogP contribution < -0.4 is 0 Å². The summed E-state index contributed by atoms with van der Waals surface area (Å²) in [5, 5.41) is 6.23. The maximum absolute atomic E-state index is 2.46. The molecule has 220 valence electrons. The van der Waals surface area contributed by atoms with Gasteiger partial charge in [-0.05, 0) is 71.8 Å². The van der Waals surface area contributed by atoms with Crippen molar-refractivity contribution in [1.82, 2.24) is 13.7 Å². The molecule has 0 N–H and O–H groups in total. The summed E-state index contributed by atoms with van der Waals surface area (Å²) in [4.78, 5) is 0. The number of benzene rings is 7. The third-order valence-corrected chi connectivity index (χ3v) is 9.65. The van der Waals surface area contributed by atoms with Gasteiger partial charge in [-0.15, -0.1) is 0 Å². The molecular formula is C44H29N3. The summed E-state index contributed by atoms with van der Waals surface area (Å²) in [5.41, 5.74) is 11.9. The lowest BCUT2D eigenvalue weighted by molar-refractivity contribution is 1.11. The van der Waals surface area contributed by atoms with E-state index in [0.717, 1.165) is 17.1 Å². The Kier molecular flexibility index (Phi) is 5.57. The van der Waals surface area contributed by atoms with Crippen LogP contribution >= 0.6 is 0 Å². The van der Waals surface area contributed by atoms with Crippen LogP contribution in [0.5, 0.6) is 0 Å². The normalized spacial score (nSPS) is 11.8. The largest absolute Gasteiger partial charge is 0.315 e. The van der Waals surface area contributed by atoms with Gasteiger partial charge in [0.05, 0.1) is 27.6 Å². The lowest BCUT2D eigenvalue weighted by Crippen LogP contribution is -2.00. The maximum atomic E-state index is 2.46. The molecule has 0 bridgehead atoms. The van der Waals surface area contributed by atoms with Crippen molar-refractivity contribution in [3.05, 3.63) is 176 Å². The third kappa shape index (κ3) is 3.87. The van der Waals surface area contributed by atoms with E-state index < -0.39 is 0 Å². The number of hydrogen-bond acceptors (Lipinski definition) is 0. The van der Waals surface area contributed by atoms with Crippen LogP contribution in [0, 0.1) is 0 Å². The lowest BCUT2D eigenvalue weighted by atomic mass is 10.0. The second-order valence-electron chi connectivity index (χ2n) is 12.2. The number of nitrogens with zero attached hydrogens (tertiary/aromatic N) is 3. The van der Waals surface area contributed by atoms with Gasteiger partial charge in [0.15, 0.2) is 0 Å². The zero-order valence-electron chi connectivity index (χ0n) is 25.6. The standard InChI is InChI=1S/C44H29N3/c1-3-12-30(13-4-1)32-23-25-42-39(28-32)37-19-8-9-20-40(37)46(42)34-16-11-17-35(29-34)47-41-21-10-7-18-36(41)38-24-22-31-26-27-45(43(31)44(38)47)33-14-5-2-6-15-33/h1-29H. The van der Waals surface area contributed by atoms with Crippen LogP contribution in [-0.2, 0) is 0 Å². The van der Waals surface area contributed by atoms with Gasteiger partial charge >= 0.3 is 0 Å². The zero-order valence-corrected chi connectivity index (χ0v) is 25.6. The molecule has 3 heteroatoms. The molecule has 0 fully saturated rings. The van der Waals surface area contributed by atoms with E-state index in [4.69, 9.17) is 0 Å². The van der Waals surface area contributed by atoms with E-state index in [0.29, 0.717) is 0 Å². The molecule has 0 aliphatic heterocycles. The quantitative estimate of drug-likeness (QED) is 0.191. The topological polar surface area (TPSA) is 14.8 Å². The highest BCUT2D eigenvalue weighted by molar-refractivity contribution is 6.18. The highest BCUT2D eigenvalue weighted by Gasteiger charge is 2.19. The monoisotopic (exact) mass is 599 g/mol. The van der Waals surface area contributed by atoms with Gasteiger partial charge in [-0.25, -0.2) is 0 Å². The van der Waals surface area contributed by atoms with Gasteiger partial charge in [0.25, 0.3) is 0 Å². The van der Waals surface area contributed by atoms with Crippen molar-refractivity contribution >= 4 is 54.5 Å². The Morgan fingerprint density at radius 3 is 1.72 bits per heavy atom. The Hall–Kier alpha value is -6.32. The van der Waals surface area contributed by atoms with Gasteiger partial charge in [0.1, 0.15) is 0 Å². The van der Waals surface area contributed by atoms with Gasteiger partial charge < -0.3 is 13.7 Å². The van der Waals surface area contributed by atoms with Crippen molar-refractivity contribution in [3.8, 4) is 28.2 Å². The predicted octanol–water partition coefficient (Wildman–Crippen LogP) is 11.5. The average Bonchev–Trinajstić information content (AvgIpc) is 3.82. The summed E-state index contributed by atoms with van der Waals surface area (Å²) in [7, 11) is 0. The van der Waals surface area contributed by atoms with Gasteiger partial charge in [-0.3, -0.25) is 0 Å². The van der Waals surface area contributed by atoms with E-state index in [2.05, 4.69) is 190 Å². The molecule has 7 aromatic carbocycles. The molecule has 3 aromatic heterocycles. The summed E-state index contributed by atoms with van der Waals surface area (Å²) < 4.78 is 7.20. The first kappa shape index (κ1) is 26.0. The second-order valence-corrected chi connectivity index (χ2v) is 12.2. The smallest absolute Gasteiger partial charge is 0.0788 e. The molecule has 47 heavy (non-hydrogen) atoms. The van der Waals surface area contributed by atoms with E-state index in [-0.39, 0.29) is 0 Å². The molecule has 0 atom stereocenters. The Labute approximate surface area is 271 Å². The molecule has 10 aromatic rings. The Morgan fingerprint density at radius 1 is 0.319 bits per heavy atom. The number of fused-ring (bicyclic) bond motifs is 8. The SMILES string of the molecule is c1ccc(-c2ccc3c(c2)c2ccccc2n3-c2cccc(-n3c4ccccc4c4ccc5ccn(-c6ccccc6)c5c43)c2)cc1. The maximum Gasteiger partial charge on any atom is 0.0788 e. The van der Waals surface area contributed by atoms with Crippen LogP contribution in [0.1, 0.15) is 0 Å². The van der Waals surface area contributed by atoms with Gasteiger partial charge in [-0.1, -0.05) is 109 Å². The van der Waals surface area contributed by atoms with Crippen LogP contribution in [0.25, 0.3) is 82.7 Å². The molecule has 0 saturated carbocycles. The average molecular weight is 600 g/mol. The van der Waals surface area contributed by atoms with Crippen LogP contribution in [0.4, 0.5) is 0 Å². The van der Waals surface area contributed by atoms with Crippen LogP contribution in [-0.4, -0.2) is 13.7 Å².